The maximum atomic E-state index is 11.7. The molecule has 10 N–H and O–H groups in total. The van der Waals surface area contributed by atoms with E-state index in [0.717, 1.165) is 4.57 Å². The molecular formula is C21H30N8O9. The zero-order valence-electron chi connectivity index (χ0n) is 20.4. The fraction of sp³-hybridized carbons (Fsp3) is 0.571. The molecule has 0 bridgehead atoms. The summed E-state index contributed by atoms with van der Waals surface area (Å²) in [6.07, 6.45) is -2.94. The normalized spacial score (nSPS) is 34.8. The van der Waals surface area contributed by atoms with Gasteiger partial charge in [-0.25, -0.2) is 19.7 Å². The van der Waals surface area contributed by atoms with Crippen LogP contribution in [0.15, 0.2) is 29.7 Å². The van der Waals surface area contributed by atoms with Gasteiger partial charge in [0.2, 0.25) is 0 Å². The van der Waals surface area contributed by atoms with Gasteiger partial charge in [0.1, 0.15) is 54.3 Å². The molecule has 2 aliphatic heterocycles. The minimum atomic E-state index is -1.50. The predicted molar refractivity (Wildman–Crippen MR) is 128 cm³/mol. The Bertz CT molecular complexity index is 1350. The van der Waals surface area contributed by atoms with Gasteiger partial charge in [-0.3, -0.25) is 9.13 Å². The lowest BCUT2D eigenvalue weighted by atomic mass is 10.0. The van der Waals surface area contributed by atoms with Crippen LogP contribution in [-0.2, 0) is 20.9 Å². The lowest BCUT2D eigenvalue weighted by Crippen LogP contribution is -2.48. The highest BCUT2D eigenvalue weighted by Crippen LogP contribution is 2.37. The molecule has 0 spiro atoms. The Morgan fingerprint density at radius 2 is 1.47 bits per heavy atom. The number of hydrogen-bond donors (Lipinski definition) is 8. The fourth-order valence-electron chi connectivity index (χ4n) is 4.55. The number of ether oxygens (including phenoxy) is 2. The van der Waals surface area contributed by atoms with E-state index < -0.39 is 67.0 Å². The molecule has 2 aliphatic rings. The number of nitrogens with zero attached hydrogens (tertiary/aromatic N) is 6. The Morgan fingerprint density at radius 3 is 1.97 bits per heavy atom. The Balaban J connectivity index is 0.000000178. The van der Waals surface area contributed by atoms with E-state index in [1.54, 1.807) is 6.92 Å². The van der Waals surface area contributed by atoms with Crippen molar-refractivity contribution in [1.29, 1.82) is 0 Å². The van der Waals surface area contributed by atoms with Crippen LogP contribution >= 0.6 is 0 Å². The summed E-state index contributed by atoms with van der Waals surface area (Å²) >= 11 is 0. The summed E-state index contributed by atoms with van der Waals surface area (Å²) < 4.78 is 13.5. The Kier molecular flexibility index (Phi) is 7.38. The molecule has 0 aromatic carbocycles. The number of anilines is 2. The van der Waals surface area contributed by atoms with Gasteiger partial charge in [0, 0.05) is 6.20 Å². The molecule has 2 saturated heterocycles. The molecule has 0 aliphatic carbocycles. The largest absolute Gasteiger partial charge is 0.394 e. The van der Waals surface area contributed by atoms with Crippen LogP contribution in [0, 0.1) is 0 Å². The lowest BCUT2D eigenvalue weighted by molar-refractivity contribution is -0.137. The smallest absolute Gasteiger partial charge is 0.351 e. The van der Waals surface area contributed by atoms with Crippen molar-refractivity contribution in [2.24, 2.45) is 0 Å². The zero-order valence-corrected chi connectivity index (χ0v) is 20.4. The van der Waals surface area contributed by atoms with E-state index in [2.05, 4.69) is 19.9 Å². The van der Waals surface area contributed by atoms with Crippen LogP contribution in [0.2, 0.25) is 0 Å². The minimum absolute atomic E-state index is 0.0478. The maximum absolute atomic E-state index is 11.7. The second kappa shape index (κ2) is 10.1. The number of aromatic nitrogens is 6. The van der Waals surface area contributed by atoms with Crippen molar-refractivity contribution in [3.8, 4) is 0 Å². The number of rotatable bonds is 4. The van der Waals surface area contributed by atoms with Gasteiger partial charge in [-0.1, -0.05) is 0 Å². The van der Waals surface area contributed by atoms with E-state index >= 15 is 0 Å². The highest BCUT2D eigenvalue weighted by molar-refractivity contribution is 5.81. The van der Waals surface area contributed by atoms with Crippen molar-refractivity contribution < 1.29 is 40.1 Å². The number of fused-ring (bicyclic) bond motifs is 1. The molecule has 3 aromatic heterocycles. The molecule has 0 amide bonds. The molecule has 5 heterocycles. The molecule has 208 valence electrons. The van der Waals surface area contributed by atoms with Gasteiger partial charge < -0.3 is 51.6 Å². The van der Waals surface area contributed by atoms with Gasteiger partial charge in [0.25, 0.3) is 0 Å². The monoisotopic (exact) mass is 538 g/mol. The molecule has 5 rings (SSSR count). The average Bonchev–Trinajstić information content (AvgIpc) is 3.50. The Morgan fingerprint density at radius 1 is 0.921 bits per heavy atom. The summed E-state index contributed by atoms with van der Waals surface area (Å²) in [7, 11) is 0. The Labute approximate surface area is 214 Å². The van der Waals surface area contributed by atoms with E-state index in [9.17, 15) is 30.3 Å². The van der Waals surface area contributed by atoms with Gasteiger partial charge in [0.05, 0.1) is 19.5 Å². The first kappa shape index (κ1) is 27.7. The van der Waals surface area contributed by atoms with Crippen molar-refractivity contribution in [2.75, 3.05) is 24.7 Å². The number of aliphatic hydroxyl groups excluding tert-OH is 6. The van der Waals surface area contributed by atoms with Crippen LogP contribution in [0.1, 0.15) is 13.8 Å². The first-order valence-electron chi connectivity index (χ1n) is 11.5. The number of nitrogen functional groups attached to an aromatic ring is 2. The van der Waals surface area contributed by atoms with E-state index in [-0.39, 0.29) is 11.6 Å². The molecule has 38 heavy (non-hydrogen) atoms. The summed E-state index contributed by atoms with van der Waals surface area (Å²) in [5, 5.41) is 58.0. The summed E-state index contributed by atoms with van der Waals surface area (Å²) in [5.41, 5.74) is 8.33. The van der Waals surface area contributed by atoms with Crippen molar-refractivity contribution in [1.82, 2.24) is 29.1 Å². The van der Waals surface area contributed by atoms with Gasteiger partial charge >= 0.3 is 5.69 Å². The number of aliphatic hydroxyl groups is 6. The maximum Gasteiger partial charge on any atom is 0.351 e. The third kappa shape index (κ3) is 4.37. The second-order valence-electron chi connectivity index (χ2n) is 9.21. The molecule has 0 saturated carbocycles. The minimum Gasteiger partial charge on any atom is -0.394 e. The third-order valence-corrected chi connectivity index (χ3v) is 6.79. The quantitative estimate of drug-likeness (QED) is 0.156. The van der Waals surface area contributed by atoms with Crippen LogP contribution in [0.4, 0.5) is 11.6 Å². The summed E-state index contributed by atoms with van der Waals surface area (Å²) in [4.78, 5) is 27.2. The number of imidazole rings is 1. The van der Waals surface area contributed by atoms with E-state index in [0.29, 0.717) is 11.2 Å². The predicted octanol–water partition coefficient (Wildman–Crippen LogP) is -4.19. The van der Waals surface area contributed by atoms with Crippen LogP contribution in [0.3, 0.4) is 0 Å². The van der Waals surface area contributed by atoms with Crippen LogP contribution in [0.25, 0.3) is 11.2 Å². The molecular weight excluding hydrogens is 508 g/mol. The fourth-order valence-corrected chi connectivity index (χ4v) is 4.55. The first-order chi connectivity index (χ1) is 17.9. The third-order valence-electron chi connectivity index (χ3n) is 6.79. The van der Waals surface area contributed by atoms with Gasteiger partial charge in [0.15, 0.2) is 22.9 Å². The van der Waals surface area contributed by atoms with Crippen LogP contribution in [-0.4, -0.2) is 110 Å². The van der Waals surface area contributed by atoms with Crippen LogP contribution < -0.4 is 17.2 Å². The molecule has 8 atom stereocenters. The molecule has 17 nitrogen and oxygen atoms in total. The van der Waals surface area contributed by atoms with Crippen LogP contribution in [0.5, 0.6) is 0 Å². The summed E-state index contributed by atoms with van der Waals surface area (Å²) in [6, 6.07) is 1.38. The van der Waals surface area contributed by atoms with Crippen molar-refractivity contribution in [3.63, 3.8) is 0 Å². The number of nitrogens with two attached hydrogens (primary N) is 2. The molecule has 2 fully saturated rings. The average molecular weight is 539 g/mol. The zero-order chi connectivity index (χ0) is 28.0. The topological polar surface area (TPSA) is 270 Å². The Hall–Kier alpha value is -3.29. The van der Waals surface area contributed by atoms with Crippen molar-refractivity contribution in [3.05, 3.63) is 35.4 Å². The van der Waals surface area contributed by atoms with E-state index in [4.69, 9.17) is 26.0 Å². The second-order valence-corrected chi connectivity index (χ2v) is 9.21. The molecule has 3 aromatic rings. The van der Waals surface area contributed by atoms with Gasteiger partial charge in [-0.2, -0.15) is 4.98 Å². The van der Waals surface area contributed by atoms with Crippen molar-refractivity contribution >= 4 is 22.8 Å². The van der Waals surface area contributed by atoms with E-state index in [1.807, 2.05) is 0 Å². The summed E-state index contributed by atoms with van der Waals surface area (Å²) in [6.45, 7) is 2.13. The van der Waals surface area contributed by atoms with Crippen molar-refractivity contribution in [2.45, 2.75) is 61.9 Å². The molecule has 0 radical (unpaired) electrons. The highest BCUT2D eigenvalue weighted by atomic mass is 16.6. The lowest BCUT2D eigenvalue weighted by Gasteiger charge is -2.29. The summed E-state index contributed by atoms with van der Waals surface area (Å²) in [5.74, 6) is 0.260. The number of hydrogen-bond acceptors (Lipinski definition) is 15. The molecule has 0 unspecified atom stereocenters. The van der Waals surface area contributed by atoms with Gasteiger partial charge in [-0.05, 0) is 19.9 Å². The highest BCUT2D eigenvalue weighted by Gasteiger charge is 2.53. The van der Waals surface area contributed by atoms with Gasteiger partial charge in [-0.15, -0.1) is 0 Å². The SMILES string of the molecule is C[C@@]1(n2ccc(N)nc2=O)O[C@H](CO)[C@@H](O)[C@H]1O.C[C@@]1(n2cnc3c(N)ncnc32)O[C@H](CO)[C@@H](O)[C@H]1O. The molecule has 17 heteroatoms. The first-order valence-corrected chi connectivity index (χ1v) is 11.5. The van der Waals surface area contributed by atoms with E-state index in [1.165, 1.54) is 36.4 Å². The standard InChI is InChI=1S/C11H15N5O4.C10H15N3O5/c1-11(8(19)7(18)5(2-17)20-11)16-4-15-6-9(12)13-3-14-10(6)16;1-10(8(16)7(15)5(4-14)18-10)13-3-2-6(11)12-9(13)17/h3-5,7-8,17-19H,2H2,1H3,(H2,12,13,14);2-3,5,7-8,14-16H,4H2,1H3,(H2,11,12,17)/t5-,7-,8-,11-;5-,7-,8-,10-/m11/s1.